The summed E-state index contributed by atoms with van der Waals surface area (Å²) in [5.41, 5.74) is 0. The van der Waals surface area contributed by atoms with Gasteiger partial charge in [-0.15, -0.1) is 0 Å². The number of aliphatic hydroxyl groups excluding tert-OH is 1. The molecule has 0 radical (unpaired) electrons. The van der Waals surface area contributed by atoms with E-state index in [1.54, 1.807) is 0 Å². The fourth-order valence-electron chi connectivity index (χ4n) is 14.0. The van der Waals surface area contributed by atoms with E-state index in [0.29, 0.717) is 25.7 Å². The summed E-state index contributed by atoms with van der Waals surface area (Å²) in [5.74, 6) is -1.29. The summed E-state index contributed by atoms with van der Waals surface area (Å²) < 4.78 is 69.0. The smallest absolute Gasteiger partial charge is 0.462 e. The molecule has 0 aliphatic carbocycles. The van der Waals surface area contributed by atoms with Crippen LogP contribution in [0.5, 0.6) is 0 Å². The van der Waals surface area contributed by atoms with Crippen LogP contribution in [0.4, 0.5) is 0 Å². The number of rotatable bonds is 89. The molecule has 0 amide bonds. The largest absolute Gasteiger partial charge is 0.472 e. The molecule has 0 aromatic rings. The SMILES string of the molecule is CCCCCCCCCCCCCCCCCCCCCCCC(=O)O[C@H](COC(=O)CCCCCCCCCCCCCCCCCCCCC)COP(=O)(O)OC[C@@H](O)COP(=O)(O)OC[C@@H](COC(=O)CCCCCCCCCCCC)OC(=O)CCCCCCCCCCCCCCCCCC(C)C. The summed E-state index contributed by atoms with van der Waals surface area (Å²) in [6.45, 7) is 7.40. The lowest BCUT2D eigenvalue weighted by molar-refractivity contribution is -0.161. The summed E-state index contributed by atoms with van der Waals surface area (Å²) in [5, 5.41) is 10.7. The van der Waals surface area contributed by atoms with Gasteiger partial charge in [0.05, 0.1) is 26.4 Å². The van der Waals surface area contributed by atoms with Crippen molar-refractivity contribution in [3.8, 4) is 0 Å². The first-order valence-corrected chi connectivity index (χ1v) is 49.1. The molecule has 642 valence electrons. The van der Waals surface area contributed by atoms with E-state index in [1.807, 2.05) is 0 Å². The zero-order chi connectivity index (χ0) is 79.0. The molecule has 2 unspecified atom stereocenters. The topological polar surface area (TPSA) is 237 Å². The van der Waals surface area contributed by atoms with Gasteiger partial charge < -0.3 is 33.8 Å². The standard InChI is InChI=1S/C89H174O17P2/c1-6-9-12-15-18-21-24-26-28-30-32-33-35-37-41-45-49-54-59-64-69-74-89(94)106-85(79-100-87(92)73-68-63-58-53-48-44-40-36-34-31-29-27-25-22-19-16-13-10-7-2)81-104-108(97,98)102-77-83(90)76-101-107(95,96)103-80-84(78-99-86(91)72-67-62-57-52-23-20-17-14-11-8-3)105-88(93)75-70-65-60-55-50-46-42-38-39-43-47-51-56-61-66-71-82(4)5/h82-85,90H,6-81H2,1-5H3,(H,95,96)(H,97,98)/t83-,84+,85+/m0/s1. The van der Waals surface area contributed by atoms with Gasteiger partial charge in [0.2, 0.25) is 0 Å². The maximum Gasteiger partial charge on any atom is 0.472 e. The van der Waals surface area contributed by atoms with Gasteiger partial charge in [-0.3, -0.25) is 37.3 Å². The molecule has 0 saturated heterocycles. The Morgan fingerprint density at radius 3 is 0.630 bits per heavy atom. The fourth-order valence-corrected chi connectivity index (χ4v) is 15.6. The minimum Gasteiger partial charge on any atom is -0.462 e. The Bertz CT molecular complexity index is 2050. The van der Waals surface area contributed by atoms with Gasteiger partial charge in [-0.05, 0) is 31.6 Å². The summed E-state index contributed by atoms with van der Waals surface area (Å²) in [6, 6.07) is 0. The maximum atomic E-state index is 13.2. The average Bonchev–Trinajstić information content (AvgIpc) is 0.898. The lowest BCUT2D eigenvalue weighted by Gasteiger charge is -2.21. The van der Waals surface area contributed by atoms with Crippen molar-refractivity contribution in [2.24, 2.45) is 5.92 Å². The number of hydrogen-bond donors (Lipinski definition) is 3. The average molecular weight is 1580 g/mol. The van der Waals surface area contributed by atoms with Gasteiger partial charge in [-0.25, -0.2) is 9.13 Å². The van der Waals surface area contributed by atoms with Crippen LogP contribution in [-0.4, -0.2) is 96.7 Å². The van der Waals surface area contributed by atoms with Crippen LogP contribution in [0.15, 0.2) is 0 Å². The highest BCUT2D eigenvalue weighted by Gasteiger charge is 2.30. The highest BCUT2D eigenvalue weighted by molar-refractivity contribution is 7.47. The number of ether oxygens (including phenoxy) is 4. The second-order valence-corrected chi connectivity index (χ2v) is 35.4. The molecule has 0 aromatic carbocycles. The Hall–Kier alpha value is -1.94. The molecule has 0 saturated carbocycles. The summed E-state index contributed by atoms with van der Waals surface area (Å²) in [6.07, 6.45) is 76.5. The highest BCUT2D eigenvalue weighted by Crippen LogP contribution is 2.45. The molecule has 108 heavy (non-hydrogen) atoms. The molecule has 0 rings (SSSR count). The second kappa shape index (κ2) is 81.6. The maximum absolute atomic E-state index is 13.2. The molecule has 19 heteroatoms. The summed E-state index contributed by atoms with van der Waals surface area (Å²) in [4.78, 5) is 73.3. The van der Waals surface area contributed by atoms with E-state index in [9.17, 15) is 43.2 Å². The van der Waals surface area contributed by atoms with Crippen LogP contribution in [0.25, 0.3) is 0 Å². The van der Waals surface area contributed by atoms with E-state index in [-0.39, 0.29) is 25.7 Å². The third-order valence-corrected chi connectivity index (χ3v) is 22.9. The first-order valence-electron chi connectivity index (χ1n) is 46.1. The van der Waals surface area contributed by atoms with Crippen LogP contribution in [0, 0.1) is 5.92 Å². The summed E-state index contributed by atoms with van der Waals surface area (Å²) in [7, 11) is -9.93. The molecule has 0 heterocycles. The van der Waals surface area contributed by atoms with Crippen molar-refractivity contribution >= 4 is 39.5 Å². The predicted molar refractivity (Wildman–Crippen MR) is 446 cm³/mol. The molecule has 0 fully saturated rings. The van der Waals surface area contributed by atoms with Gasteiger partial charge in [0.25, 0.3) is 0 Å². The minimum atomic E-state index is -4.97. The number of unbranched alkanes of at least 4 members (excludes halogenated alkanes) is 61. The molecule has 3 N–H and O–H groups in total. The lowest BCUT2D eigenvalue weighted by atomic mass is 10.0. The molecule has 0 aromatic heterocycles. The van der Waals surface area contributed by atoms with E-state index in [2.05, 4.69) is 34.6 Å². The number of phosphoric ester groups is 2. The third-order valence-electron chi connectivity index (χ3n) is 21.0. The predicted octanol–water partition coefficient (Wildman–Crippen LogP) is 27.5. The van der Waals surface area contributed by atoms with E-state index < -0.39 is 97.5 Å². The monoisotopic (exact) mass is 1580 g/mol. The molecule has 0 spiro atoms. The summed E-state index contributed by atoms with van der Waals surface area (Å²) >= 11 is 0. The first-order chi connectivity index (χ1) is 52.5. The van der Waals surface area contributed by atoms with Gasteiger partial charge >= 0.3 is 39.5 Å². The van der Waals surface area contributed by atoms with Crippen molar-refractivity contribution in [1.82, 2.24) is 0 Å². The van der Waals surface area contributed by atoms with Gasteiger partial charge in [0.15, 0.2) is 12.2 Å². The van der Waals surface area contributed by atoms with Gasteiger partial charge in [-0.2, -0.15) is 0 Å². The zero-order valence-electron chi connectivity index (χ0n) is 71.0. The Morgan fingerprint density at radius 1 is 0.250 bits per heavy atom. The Labute approximate surface area is 664 Å². The Kier molecular flexibility index (Phi) is 80.2. The van der Waals surface area contributed by atoms with Gasteiger partial charge in [0.1, 0.15) is 19.3 Å². The molecule has 5 atom stereocenters. The molecule has 0 aliphatic rings. The molecule has 17 nitrogen and oxygen atoms in total. The van der Waals surface area contributed by atoms with Crippen LogP contribution < -0.4 is 0 Å². The van der Waals surface area contributed by atoms with Crippen LogP contribution >= 0.6 is 15.6 Å². The number of aliphatic hydroxyl groups is 1. The number of carbonyl (C=O) groups excluding carboxylic acids is 4. The third kappa shape index (κ3) is 82.1. The van der Waals surface area contributed by atoms with Crippen LogP contribution in [0.3, 0.4) is 0 Å². The zero-order valence-corrected chi connectivity index (χ0v) is 72.8. The van der Waals surface area contributed by atoms with Crippen molar-refractivity contribution in [2.75, 3.05) is 39.6 Å². The van der Waals surface area contributed by atoms with E-state index in [0.717, 1.165) is 95.8 Å². The first kappa shape index (κ1) is 106. The normalized spacial score (nSPS) is 13.7. The fraction of sp³-hybridized carbons (Fsp3) is 0.955. The van der Waals surface area contributed by atoms with E-state index in [4.69, 9.17) is 37.0 Å². The quantitative estimate of drug-likeness (QED) is 0.0222. The van der Waals surface area contributed by atoms with Crippen molar-refractivity contribution in [2.45, 2.75) is 502 Å². The van der Waals surface area contributed by atoms with Crippen molar-refractivity contribution < 1.29 is 80.2 Å². The van der Waals surface area contributed by atoms with E-state index in [1.165, 1.54) is 308 Å². The van der Waals surface area contributed by atoms with Crippen LogP contribution in [0.2, 0.25) is 0 Å². The van der Waals surface area contributed by atoms with Crippen molar-refractivity contribution in [3.63, 3.8) is 0 Å². The second-order valence-electron chi connectivity index (χ2n) is 32.5. The number of carbonyl (C=O) groups is 4. The number of hydrogen-bond acceptors (Lipinski definition) is 15. The Balaban J connectivity index is 5.22. The lowest BCUT2D eigenvalue weighted by Crippen LogP contribution is -2.30. The number of phosphoric acid groups is 2. The van der Waals surface area contributed by atoms with Crippen LogP contribution in [-0.2, 0) is 65.4 Å². The minimum absolute atomic E-state index is 0.108. The van der Waals surface area contributed by atoms with E-state index >= 15 is 0 Å². The van der Waals surface area contributed by atoms with Gasteiger partial charge in [0, 0.05) is 25.7 Å². The van der Waals surface area contributed by atoms with Crippen molar-refractivity contribution in [3.05, 3.63) is 0 Å². The van der Waals surface area contributed by atoms with Gasteiger partial charge in [-0.1, -0.05) is 433 Å². The highest BCUT2D eigenvalue weighted by atomic mass is 31.2. The molecular formula is C89H174O17P2. The molecule has 0 bridgehead atoms. The molecular weight excluding hydrogens is 1400 g/mol. The van der Waals surface area contributed by atoms with Crippen LogP contribution in [0.1, 0.15) is 484 Å². The Morgan fingerprint density at radius 2 is 0.426 bits per heavy atom. The number of esters is 4. The molecule has 0 aliphatic heterocycles. The van der Waals surface area contributed by atoms with Crippen molar-refractivity contribution in [1.29, 1.82) is 0 Å².